The van der Waals surface area contributed by atoms with Crippen molar-refractivity contribution in [3.63, 3.8) is 0 Å². The topological polar surface area (TPSA) is 70.1 Å². The van der Waals surface area contributed by atoms with Crippen molar-refractivity contribution in [1.82, 2.24) is 9.97 Å². The number of hydrogen-bond acceptors (Lipinski definition) is 5. The highest BCUT2D eigenvalue weighted by Crippen LogP contribution is 2.24. The van der Waals surface area contributed by atoms with Crippen molar-refractivity contribution in [2.45, 2.75) is 53.0 Å². The molecule has 0 aliphatic heterocycles. The number of aliphatic hydroxyl groups is 1. The summed E-state index contributed by atoms with van der Waals surface area (Å²) in [5.41, 5.74) is 1.01. The van der Waals surface area contributed by atoms with Gasteiger partial charge in [0, 0.05) is 31.2 Å². The highest BCUT2D eigenvalue weighted by Gasteiger charge is 2.17. The van der Waals surface area contributed by atoms with Crippen LogP contribution in [0.15, 0.2) is 0 Å². The lowest BCUT2D eigenvalue weighted by molar-refractivity contribution is 0.267. The fourth-order valence-corrected chi connectivity index (χ4v) is 2.06. The molecular weight excluding hydrogens is 252 g/mol. The molecule has 1 unspecified atom stereocenters. The molecule has 1 heterocycles. The van der Waals surface area contributed by atoms with Crippen LogP contribution in [0.3, 0.4) is 0 Å². The molecule has 1 aromatic heterocycles. The van der Waals surface area contributed by atoms with Crippen LogP contribution in [0.1, 0.15) is 51.4 Å². The van der Waals surface area contributed by atoms with Crippen molar-refractivity contribution >= 4 is 11.6 Å². The minimum absolute atomic E-state index is 0.176. The van der Waals surface area contributed by atoms with Gasteiger partial charge in [-0.25, -0.2) is 9.97 Å². The summed E-state index contributed by atoms with van der Waals surface area (Å²) in [5.74, 6) is 3.25. The van der Waals surface area contributed by atoms with E-state index < -0.39 is 0 Å². The lowest BCUT2D eigenvalue weighted by Crippen LogP contribution is -2.28. The average Bonchev–Trinajstić information content (AvgIpc) is 2.39. The van der Waals surface area contributed by atoms with Crippen LogP contribution in [0.2, 0.25) is 0 Å². The number of aliphatic hydroxyl groups excluding tert-OH is 1. The Morgan fingerprint density at radius 3 is 2.15 bits per heavy atom. The van der Waals surface area contributed by atoms with Crippen LogP contribution >= 0.6 is 0 Å². The molecule has 1 atom stereocenters. The highest BCUT2D eigenvalue weighted by molar-refractivity contribution is 5.57. The lowest BCUT2D eigenvalue weighted by Gasteiger charge is -2.24. The Morgan fingerprint density at radius 2 is 1.70 bits per heavy atom. The lowest BCUT2D eigenvalue weighted by atomic mass is 10.0. The molecular formula is C15H28N4O. The van der Waals surface area contributed by atoms with Gasteiger partial charge in [0.1, 0.15) is 17.5 Å². The largest absolute Gasteiger partial charge is 0.396 e. The fraction of sp³-hybridized carbons (Fsp3) is 0.733. The Hall–Kier alpha value is -1.36. The van der Waals surface area contributed by atoms with Gasteiger partial charge < -0.3 is 15.7 Å². The smallest absolute Gasteiger partial charge is 0.135 e. The number of nitrogens with zero attached hydrogens (tertiary/aromatic N) is 2. The first kappa shape index (κ1) is 16.7. The van der Waals surface area contributed by atoms with Crippen LogP contribution in [0.5, 0.6) is 0 Å². The van der Waals surface area contributed by atoms with Crippen molar-refractivity contribution in [3.05, 3.63) is 11.4 Å². The SMILES string of the molecule is CNc1nc(C(C)C)nc(NC(CCO)C(C)C)c1C. The molecule has 5 nitrogen and oxygen atoms in total. The van der Waals surface area contributed by atoms with Crippen LogP contribution in [0.25, 0.3) is 0 Å². The third-order valence-corrected chi connectivity index (χ3v) is 3.48. The summed E-state index contributed by atoms with van der Waals surface area (Å²) in [6.07, 6.45) is 0.715. The van der Waals surface area contributed by atoms with E-state index in [-0.39, 0.29) is 18.6 Å². The first-order valence-corrected chi connectivity index (χ1v) is 7.34. The summed E-state index contributed by atoms with van der Waals surface area (Å²) in [7, 11) is 1.87. The average molecular weight is 280 g/mol. The Labute approximate surface area is 122 Å². The molecule has 0 fully saturated rings. The van der Waals surface area contributed by atoms with Crippen molar-refractivity contribution < 1.29 is 5.11 Å². The molecule has 20 heavy (non-hydrogen) atoms. The zero-order chi connectivity index (χ0) is 15.3. The Kier molecular flexibility index (Phi) is 6.20. The fourth-order valence-electron chi connectivity index (χ4n) is 2.06. The molecule has 114 valence electrons. The molecule has 0 radical (unpaired) electrons. The van der Waals surface area contributed by atoms with Crippen LogP contribution in [-0.2, 0) is 0 Å². The minimum atomic E-state index is 0.176. The molecule has 1 rings (SSSR count). The quantitative estimate of drug-likeness (QED) is 0.716. The van der Waals surface area contributed by atoms with Gasteiger partial charge in [-0.2, -0.15) is 0 Å². The van der Waals surface area contributed by atoms with Crippen LogP contribution in [0, 0.1) is 12.8 Å². The van der Waals surface area contributed by atoms with E-state index in [4.69, 9.17) is 0 Å². The number of hydrogen-bond donors (Lipinski definition) is 3. The molecule has 0 aromatic carbocycles. The summed E-state index contributed by atoms with van der Waals surface area (Å²) in [6, 6.07) is 0.207. The predicted molar refractivity (Wildman–Crippen MR) is 84.4 cm³/mol. The summed E-state index contributed by atoms with van der Waals surface area (Å²) in [4.78, 5) is 9.18. The monoisotopic (exact) mass is 280 g/mol. The van der Waals surface area contributed by atoms with E-state index in [1.807, 2.05) is 14.0 Å². The summed E-state index contributed by atoms with van der Waals surface area (Å²) < 4.78 is 0. The van der Waals surface area contributed by atoms with Gasteiger partial charge in [-0.05, 0) is 19.3 Å². The first-order chi connectivity index (χ1) is 9.40. The molecule has 0 aliphatic carbocycles. The van der Waals surface area contributed by atoms with Crippen molar-refractivity contribution in [2.24, 2.45) is 5.92 Å². The van der Waals surface area contributed by atoms with Crippen molar-refractivity contribution in [3.8, 4) is 0 Å². The Balaban J connectivity index is 3.11. The standard InChI is InChI=1S/C15H28N4O/c1-9(2)12(7-8-20)17-15-11(5)14(16-6)18-13(19-15)10(3)4/h9-10,12,20H,7-8H2,1-6H3,(H2,16,17,18,19). The van der Waals surface area contributed by atoms with Crippen LogP contribution < -0.4 is 10.6 Å². The molecule has 0 amide bonds. The summed E-state index contributed by atoms with van der Waals surface area (Å²) >= 11 is 0. The van der Waals surface area contributed by atoms with E-state index in [9.17, 15) is 5.11 Å². The number of aromatic nitrogens is 2. The first-order valence-electron chi connectivity index (χ1n) is 7.34. The van der Waals surface area contributed by atoms with E-state index in [1.165, 1.54) is 0 Å². The van der Waals surface area contributed by atoms with Gasteiger partial charge in [0.2, 0.25) is 0 Å². The highest BCUT2D eigenvalue weighted by atomic mass is 16.3. The molecule has 1 aromatic rings. The molecule has 5 heteroatoms. The second-order valence-electron chi connectivity index (χ2n) is 5.82. The maximum Gasteiger partial charge on any atom is 0.135 e. The Bertz CT molecular complexity index is 432. The van der Waals surface area contributed by atoms with Crippen molar-refractivity contribution in [1.29, 1.82) is 0 Å². The van der Waals surface area contributed by atoms with Gasteiger partial charge in [-0.3, -0.25) is 0 Å². The molecule has 0 spiro atoms. The van der Waals surface area contributed by atoms with Crippen LogP contribution in [-0.4, -0.2) is 34.8 Å². The number of nitrogens with one attached hydrogen (secondary N) is 2. The van der Waals surface area contributed by atoms with Gasteiger partial charge in [0.15, 0.2) is 0 Å². The molecule has 0 bridgehead atoms. The molecule has 0 saturated heterocycles. The number of anilines is 2. The van der Waals surface area contributed by atoms with Gasteiger partial charge in [-0.15, -0.1) is 0 Å². The van der Waals surface area contributed by atoms with E-state index in [0.717, 1.165) is 23.0 Å². The van der Waals surface area contributed by atoms with E-state index in [1.54, 1.807) is 0 Å². The molecule has 3 N–H and O–H groups in total. The summed E-state index contributed by atoms with van der Waals surface area (Å²) in [5, 5.41) is 15.8. The molecule has 0 saturated carbocycles. The van der Waals surface area contributed by atoms with E-state index in [2.05, 4.69) is 48.3 Å². The Morgan fingerprint density at radius 1 is 1.10 bits per heavy atom. The second-order valence-corrected chi connectivity index (χ2v) is 5.82. The molecule has 0 aliphatic rings. The normalized spacial score (nSPS) is 12.8. The zero-order valence-electron chi connectivity index (χ0n) is 13.5. The summed E-state index contributed by atoms with van der Waals surface area (Å²) in [6.45, 7) is 10.6. The predicted octanol–water partition coefficient (Wildman–Crippen LogP) is 2.77. The van der Waals surface area contributed by atoms with Gasteiger partial charge >= 0.3 is 0 Å². The third-order valence-electron chi connectivity index (χ3n) is 3.48. The minimum Gasteiger partial charge on any atom is -0.396 e. The maximum absolute atomic E-state index is 9.19. The second kappa shape index (κ2) is 7.43. The third kappa shape index (κ3) is 4.07. The van der Waals surface area contributed by atoms with Gasteiger partial charge in [0.25, 0.3) is 0 Å². The maximum atomic E-state index is 9.19. The number of rotatable bonds is 7. The van der Waals surface area contributed by atoms with Crippen LogP contribution in [0.4, 0.5) is 11.6 Å². The van der Waals surface area contributed by atoms with E-state index >= 15 is 0 Å². The van der Waals surface area contributed by atoms with Crippen molar-refractivity contribution in [2.75, 3.05) is 24.3 Å². The zero-order valence-corrected chi connectivity index (χ0v) is 13.5. The van der Waals surface area contributed by atoms with E-state index in [0.29, 0.717) is 12.3 Å². The van der Waals surface area contributed by atoms with Gasteiger partial charge in [0.05, 0.1) is 0 Å². The van der Waals surface area contributed by atoms with Gasteiger partial charge in [-0.1, -0.05) is 27.7 Å².